The summed E-state index contributed by atoms with van der Waals surface area (Å²) in [6, 6.07) is 0. The maximum atomic E-state index is 13.1. The molecular formula is C57H102NO10P. The Hall–Kier alpha value is -1.78. The van der Waals surface area contributed by atoms with Gasteiger partial charge in [0.05, 0.1) is 40.6 Å². The van der Waals surface area contributed by atoms with E-state index in [2.05, 4.69) is 47.6 Å². The number of hydrogen-bond donors (Lipinski definition) is 0. The molecule has 3 unspecified atom stereocenters. The lowest BCUT2D eigenvalue weighted by atomic mass is 9.47. The first-order chi connectivity index (χ1) is 32.8. The number of esters is 3. The smallest absolute Gasteiger partial charge is 0.306 e. The molecule has 0 amide bonds. The molecule has 10 atom stereocenters. The Bertz CT molecular complexity index is 1610. The molecule has 0 N–H and O–H groups in total. The van der Waals surface area contributed by atoms with E-state index in [-0.39, 0.29) is 37.4 Å². The fourth-order valence-corrected chi connectivity index (χ4v) is 13.8. The number of likely N-dealkylation sites (N-methyl/N-ethyl adjacent to an activating group) is 1. The highest BCUT2D eigenvalue weighted by Gasteiger charge is 2.59. The van der Waals surface area contributed by atoms with E-state index in [1.807, 2.05) is 21.1 Å². The number of nitrogens with zero attached hydrogens (tertiary/aromatic N) is 1. The summed E-state index contributed by atoms with van der Waals surface area (Å²) in [5.41, 5.74) is 2.04. The minimum absolute atomic E-state index is 0.0730. The summed E-state index contributed by atoms with van der Waals surface area (Å²) in [7, 11) is 1.03. The van der Waals surface area contributed by atoms with Gasteiger partial charge in [-0.3, -0.25) is 18.9 Å². The van der Waals surface area contributed by atoms with Crippen molar-refractivity contribution in [1.82, 2.24) is 0 Å². The van der Waals surface area contributed by atoms with Crippen LogP contribution in [-0.2, 0) is 42.2 Å². The standard InChI is InChI=1S/C57H102NO10P/c1-10-11-12-13-14-15-16-17-18-19-20-21-22-23-24-28-54(60)68-48(43-66-69(62,63)65-40-39-58(7,8)9)42-64-53(59)33-34-55(61)67-47-35-37-56(5)46(41-47)29-30-49-51-32-31-50(45(4)27-25-26-44(2)3)57(51,6)38-36-52(49)56/h29,44-45,47-52H,10-28,30-43H2,1-9H3/t45-,47?,48?,49+,50-,51+,52+,56+,57-/m0/s1. The number of carbonyl (C=O) groups excluding carboxylic acids is 3. The van der Waals surface area contributed by atoms with Gasteiger partial charge in [-0.1, -0.05) is 162 Å². The van der Waals surface area contributed by atoms with Gasteiger partial charge in [-0.25, -0.2) is 0 Å². The van der Waals surface area contributed by atoms with Crippen molar-refractivity contribution in [1.29, 1.82) is 0 Å². The minimum Gasteiger partial charge on any atom is -0.756 e. The maximum Gasteiger partial charge on any atom is 0.306 e. The van der Waals surface area contributed by atoms with Crippen LogP contribution in [-0.4, -0.2) is 82.1 Å². The van der Waals surface area contributed by atoms with Crippen LogP contribution in [0.5, 0.6) is 0 Å². The van der Waals surface area contributed by atoms with Crippen LogP contribution in [0.4, 0.5) is 0 Å². The Morgan fingerprint density at radius 3 is 1.97 bits per heavy atom. The minimum atomic E-state index is -4.72. The fraction of sp³-hybridized carbons (Fsp3) is 0.912. The molecule has 0 spiro atoms. The SMILES string of the molecule is CCCCCCCCCCCCCCCCCC(=O)OC(COC(=O)CCC(=O)OC1CC[C@]2(C)C(=CC[C@@H]3[C@H]4CC[C@@H]([C@@H](C)CCCC(C)C)[C@]4(C)CC[C@H]32)C1)COP(=O)([O-])OCC[N+](C)(C)C. The third-order valence-electron chi connectivity index (χ3n) is 17.2. The molecule has 0 saturated heterocycles. The number of phosphoric ester groups is 1. The van der Waals surface area contributed by atoms with Crippen LogP contribution in [0.1, 0.15) is 228 Å². The van der Waals surface area contributed by atoms with E-state index in [0.29, 0.717) is 28.8 Å². The van der Waals surface area contributed by atoms with E-state index in [1.165, 1.54) is 121 Å². The van der Waals surface area contributed by atoms with E-state index in [4.69, 9.17) is 23.3 Å². The van der Waals surface area contributed by atoms with E-state index in [0.717, 1.165) is 74.5 Å². The highest BCUT2D eigenvalue weighted by Crippen LogP contribution is 2.67. The van der Waals surface area contributed by atoms with Crippen LogP contribution in [0, 0.1) is 46.3 Å². The molecule has 400 valence electrons. The lowest BCUT2D eigenvalue weighted by Crippen LogP contribution is -2.51. The molecule has 0 aromatic carbocycles. The third kappa shape index (κ3) is 20.6. The zero-order chi connectivity index (χ0) is 50.5. The van der Waals surface area contributed by atoms with Crippen molar-refractivity contribution in [3.05, 3.63) is 11.6 Å². The zero-order valence-corrected chi connectivity index (χ0v) is 46.4. The quantitative estimate of drug-likeness (QED) is 0.0151. The van der Waals surface area contributed by atoms with Gasteiger partial charge >= 0.3 is 17.9 Å². The van der Waals surface area contributed by atoms with Crippen LogP contribution in [0.2, 0.25) is 0 Å². The fourth-order valence-electron chi connectivity index (χ4n) is 13.1. The molecule has 0 bridgehead atoms. The number of allylic oxidation sites excluding steroid dienone is 1. The maximum absolute atomic E-state index is 13.1. The molecule has 4 aliphatic rings. The average Bonchev–Trinajstić information content (AvgIpc) is 3.64. The van der Waals surface area contributed by atoms with Crippen molar-refractivity contribution in [3.8, 4) is 0 Å². The summed E-state index contributed by atoms with van der Waals surface area (Å²) in [5.74, 6) is 3.01. The van der Waals surface area contributed by atoms with Gasteiger partial charge in [0.15, 0.2) is 6.10 Å². The van der Waals surface area contributed by atoms with Gasteiger partial charge in [0.1, 0.15) is 25.9 Å². The molecule has 4 rings (SSSR count). The molecule has 0 aliphatic heterocycles. The van der Waals surface area contributed by atoms with Crippen LogP contribution in [0.3, 0.4) is 0 Å². The third-order valence-corrected chi connectivity index (χ3v) is 18.2. The molecule has 0 radical (unpaired) electrons. The lowest BCUT2D eigenvalue weighted by Gasteiger charge is -2.58. The lowest BCUT2D eigenvalue weighted by molar-refractivity contribution is -0.870. The van der Waals surface area contributed by atoms with E-state index < -0.39 is 45.0 Å². The Morgan fingerprint density at radius 2 is 1.35 bits per heavy atom. The van der Waals surface area contributed by atoms with Crippen molar-refractivity contribution in [2.45, 2.75) is 240 Å². The largest absolute Gasteiger partial charge is 0.756 e. The highest BCUT2D eigenvalue weighted by atomic mass is 31.2. The molecule has 0 aromatic rings. The average molecular weight is 992 g/mol. The molecular weight excluding hydrogens is 890 g/mol. The molecule has 4 aliphatic carbocycles. The second kappa shape index (κ2) is 29.8. The van der Waals surface area contributed by atoms with Crippen LogP contribution in [0.15, 0.2) is 11.6 Å². The van der Waals surface area contributed by atoms with E-state index in [1.54, 1.807) is 0 Å². The normalized spacial score (nSPS) is 27.3. The summed E-state index contributed by atoms with van der Waals surface area (Å²) in [5, 5.41) is 0. The molecule has 3 saturated carbocycles. The van der Waals surface area contributed by atoms with E-state index >= 15 is 0 Å². The second-order valence-electron chi connectivity index (χ2n) is 24.2. The number of rotatable bonds is 35. The molecule has 12 heteroatoms. The number of unbranched alkanes of at least 4 members (excludes halogenated alkanes) is 14. The Balaban J connectivity index is 1.17. The van der Waals surface area contributed by atoms with Gasteiger partial charge in [0.25, 0.3) is 7.82 Å². The zero-order valence-electron chi connectivity index (χ0n) is 45.5. The molecule has 0 aromatic heterocycles. The van der Waals surface area contributed by atoms with Crippen LogP contribution >= 0.6 is 7.82 Å². The first-order valence-electron chi connectivity index (χ1n) is 28.4. The highest BCUT2D eigenvalue weighted by molar-refractivity contribution is 7.45. The Morgan fingerprint density at radius 1 is 0.725 bits per heavy atom. The summed E-state index contributed by atoms with van der Waals surface area (Å²) in [6.45, 7) is 14.0. The first-order valence-corrected chi connectivity index (χ1v) is 29.9. The first kappa shape index (κ1) is 59.8. The van der Waals surface area contributed by atoms with Crippen molar-refractivity contribution < 1.29 is 51.6 Å². The second-order valence-corrected chi connectivity index (χ2v) is 25.6. The summed E-state index contributed by atoms with van der Waals surface area (Å²) >= 11 is 0. The van der Waals surface area contributed by atoms with Crippen molar-refractivity contribution >= 4 is 25.7 Å². The molecule has 69 heavy (non-hydrogen) atoms. The van der Waals surface area contributed by atoms with Crippen LogP contribution < -0.4 is 4.89 Å². The van der Waals surface area contributed by atoms with Gasteiger partial charge in [0, 0.05) is 12.8 Å². The topological polar surface area (TPSA) is 137 Å². The summed E-state index contributed by atoms with van der Waals surface area (Å²) in [6.07, 6.45) is 32.3. The monoisotopic (exact) mass is 992 g/mol. The van der Waals surface area contributed by atoms with Crippen molar-refractivity contribution in [2.75, 3.05) is 47.5 Å². The summed E-state index contributed by atoms with van der Waals surface area (Å²) < 4.78 is 40.2. The molecule has 0 heterocycles. The van der Waals surface area contributed by atoms with E-state index in [9.17, 15) is 23.8 Å². The summed E-state index contributed by atoms with van der Waals surface area (Å²) in [4.78, 5) is 51.5. The number of ether oxygens (including phenoxy) is 3. The number of phosphoric acid groups is 1. The Kier molecular flexibility index (Phi) is 25.8. The molecule has 11 nitrogen and oxygen atoms in total. The Labute approximate surface area is 421 Å². The number of fused-ring (bicyclic) bond motifs is 5. The van der Waals surface area contributed by atoms with Gasteiger partial charge in [0.2, 0.25) is 0 Å². The molecule has 3 fully saturated rings. The van der Waals surface area contributed by atoms with Gasteiger partial charge in [-0.2, -0.15) is 0 Å². The van der Waals surface area contributed by atoms with Gasteiger partial charge in [-0.15, -0.1) is 0 Å². The predicted molar refractivity (Wildman–Crippen MR) is 275 cm³/mol. The number of carbonyl (C=O) groups is 3. The van der Waals surface area contributed by atoms with Crippen molar-refractivity contribution in [2.24, 2.45) is 46.3 Å². The van der Waals surface area contributed by atoms with Gasteiger partial charge < -0.3 is 32.6 Å². The van der Waals surface area contributed by atoms with Gasteiger partial charge in [-0.05, 0) is 97.7 Å². The number of hydrogen-bond acceptors (Lipinski definition) is 10. The van der Waals surface area contributed by atoms with Crippen LogP contribution in [0.25, 0.3) is 0 Å². The number of quaternary nitrogens is 1. The van der Waals surface area contributed by atoms with Crippen molar-refractivity contribution in [3.63, 3.8) is 0 Å². The predicted octanol–water partition coefficient (Wildman–Crippen LogP) is 13.6.